The van der Waals surface area contributed by atoms with Crippen molar-refractivity contribution in [3.63, 3.8) is 0 Å². The summed E-state index contributed by atoms with van der Waals surface area (Å²) in [5.74, 6) is 0.0404. The molecule has 0 saturated carbocycles. The fourth-order valence-electron chi connectivity index (χ4n) is 3.49. The smallest absolute Gasteiger partial charge is 0.227 e. The zero-order chi connectivity index (χ0) is 16.2. The zero-order valence-corrected chi connectivity index (χ0v) is 14.9. The number of nitrogens with one attached hydrogen (secondary N) is 1. The van der Waals surface area contributed by atoms with Gasteiger partial charge in [0.05, 0.1) is 0 Å². The van der Waals surface area contributed by atoms with Crippen molar-refractivity contribution in [1.29, 1.82) is 0 Å². The molecule has 1 N–H and O–H groups in total. The van der Waals surface area contributed by atoms with E-state index in [0.29, 0.717) is 17.6 Å². The first kappa shape index (κ1) is 16.8. The number of likely N-dealkylation sites (tertiary alicyclic amines) is 2. The minimum atomic E-state index is 0.0404. The van der Waals surface area contributed by atoms with Crippen molar-refractivity contribution in [3.05, 3.63) is 5.01 Å². The molecule has 1 amide bonds. The Bertz CT molecular complexity index is 528. The third-order valence-electron chi connectivity index (χ3n) is 4.93. The Morgan fingerprint density at radius 2 is 2.17 bits per heavy atom. The third kappa shape index (κ3) is 4.28. The molecule has 2 saturated heterocycles. The maximum Gasteiger partial charge on any atom is 0.227 e. The molecular weight excluding hydrogens is 310 g/mol. The molecule has 2 aliphatic heterocycles. The van der Waals surface area contributed by atoms with Gasteiger partial charge >= 0.3 is 0 Å². The molecule has 0 aromatic carbocycles. The molecule has 2 fully saturated rings. The molecule has 0 aliphatic carbocycles. The maximum absolute atomic E-state index is 12.0. The number of hydrogen-bond acceptors (Lipinski definition) is 6. The van der Waals surface area contributed by atoms with Gasteiger partial charge in [-0.15, -0.1) is 10.2 Å². The summed E-state index contributed by atoms with van der Waals surface area (Å²) in [7, 11) is 0. The minimum absolute atomic E-state index is 0.0404. The molecule has 1 aromatic rings. The van der Waals surface area contributed by atoms with Crippen LogP contribution in [0.15, 0.2) is 0 Å². The molecule has 1 aromatic heterocycles. The minimum Gasteiger partial charge on any atom is -0.300 e. The number of carbonyl (C=O) groups excluding carboxylic acids is 1. The fraction of sp³-hybridized carbons (Fsp3) is 0.812. The summed E-state index contributed by atoms with van der Waals surface area (Å²) < 4.78 is 0. The molecule has 3 rings (SSSR count). The summed E-state index contributed by atoms with van der Waals surface area (Å²) >= 11 is 1.46. The van der Waals surface area contributed by atoms with Gasteiger partial charge in [0.15, 0.2) is 0 Å². The van der Waals surface area contributed by atoms with Gasteiger partial charge in [-0.2, -0.15) is 0 Å². The molecular formula is C16H27N5OS. The van der Waals surface area contributed by atoms with Crippen LogP contribution in [-0.2, 0) is 11.2 Å². The van der Waals surface area contributed by atoms with Crippen LogP contribution in [0.5, 0.6) is 0 Å². The quantitative estimate of drug-likeness (QED) is 0.860. The summed E-state index contributed by atoms with van der Waals surface area (Å²) in [6.45, 7) is 8.69. The lowest BCUT2D eigenvalue weighted by atomic mass is 9.97. The number of aromatic nitrogens is 2. The molecule has 0 radical (unpaired) electrons. The predicted octanol–water partition coefficient (Wildman–Crippen LogP) is 1.99. The highest BCUT2D eigenvalue weighted by atomic mass is 32.1. The highest BCUT2D eigenvalue weighted by Crippen LogP contribution is 2.24. The van der Waals surface area contributed by atoms with Crippen molar-refractivity contribution in [3.8, 4) is 0 Å². The Kier molecular flexibility index (Phi) is 5.61. The van der Waals surface area contributed by atoms with Gasteiger partial charge in [-0.3, -0.25) is 14.6 Å². The van der Waals surface area contributed by atoms with Crippen molar-refractivity contribution < 1.29 is 4.79 Å². The summed E-state index contributed by atoms with van der Waals surface area (Å²) in [5, 5.41) is 12.4. The lowest BCUT2D eigenvalue weighted by Gasteiger charge is -2.49. The van der Waals surface area contributed by atoms with Gasteiger partial charge in [0, 0.05) is 38.1 Å². The second-order valence-electron chi connectivity index (χ2n) is 6.65. The van der Waals surface area contributed by atoms with E-state index in [4.69, 9.17) is 0 Å². The van der Waals surface area contributed by atoms with Crippen molar-refractivity contribution in [2.45, 2.75) is 58.0 Å². The lowest BCUT2D eigenvalue weighted by molar-refractivity contribution is -0.117. The number of carbonyl (C=O) groups is 1. The number of anilines is 1. The van der Waals surface area contributed by atoms with Crippen molar-refractivity contribution >= 4 is 22.4 Å². The topological polar surface area (TPSA) is 61.4 Å². The number of piperidine rings is 1. The van der Waals surface area contributed by atoms with Crippen LogP contribution in [0.3, 0.4) is 0 Å². The Labute approximate surface area is 142 Å². The van der Waals surface area contributed by atoms with Gasteiger partial charge in [0.1, 0.15) is 5.01 Å². The first-order valence-electron chi connectivity index (χ1n) is 8.76. The van der Waals surface area contributed by atoms with E-state index in [1.807, 2.05) is 6.92 Å². The largest absolute Gasteiger partial charge is 0.300 e. The Balaban J connectivity index is 1.34. The van der Waals surface area contributed by atoms with Crippen LogP contribution in [0, 0.1) is 0 Å². The van der Waals surface area contributed by atoms with Crippen molar-refractivity contribution in [1.82, 2.24) is 20.0 Å². The zero-order valence-electron chi connectivity index (χ0n) is 14.1. The van der Waals surface area contributed by atoms with Gasteiger partial charge in [-0.25, -0.2) is 0 Å². The van der Waals surface area contributed by atoms with Gasteiger partial charge < -0.3 is 5.32 Å². The number of amides is 1. The van der Waals surface area contributed by atoms with E-state index in [-0.39, 0.29) is 5.91 Å². The fourth-order valence-corrected chi connectivity index (χ4v) is 4.18. The Hall–Kier alpha value is -1.05. The maximum atomic E-state index is 12.0. The van der Waals surface area contributed by atoms with Gasteiger partial charge in [0.25, 0.3) is 0 Å². The van der Waals surface area contributed by atoms with E-state index in [9.17, 15) is 4.79 Å². The monoisotopic (exact) mass is 337 g/mol. The van der Waals surface area contributed by atoms with Gasteiger partial charge in [-0.05, 0) is 32.7 Å². The average molecular weight is 337 g/mol. The number of rotatable bonds is 6. The lowest BCUT2D eigenvalue weighted by Crippen LogP contribution is -2.62. The Morgan fingerprint density at radius 3 is 2.87 bits per heavy atom. The van der Waals surface area contributed by atoms with Gasteiger partial charge in [0.2, 0.25) is 11.0 Å². The van der Waals surface area contributed by atoms with Crippen LogP contribution in [0.2, 0.25) is 0 Å². The van der Waals surface area contributed by atoms with E-state index >= 15 is 0 Å². The molecule has 23 heavy (non-hydrogen) atoms. The van der Waals surface area contributed by atoms with Crippen LogP contribution >= 0.6 is 11.3 Å². The molecule has 1 atom stereocenters. The molecule has 128 valence electrons. The number of hydrogen-bond donors (Lipinski definition) is 1. The van der Waals surface area contributed by atoms with E-state index in [1.54, 1.807) is 0 Å². The Morgan fingerprint density at radius 1 is 1.35 bits per heavy atom. The van der Waals surface area contributed by atoms with Crippen molar-refractivity contribution in [2.24, 2.45) is 0 Å². The molecule has 0 bridgehead atoms. The van der Waals surface area contributed by atoms with E-state index in [1.165, 1.54) is 37.1 Å². The standard InChI is InChI=1S/C16H27N5OS/c1-3-15-18-19-16(23-15)17-14(22)7-9-20-10-13(11-20)21-8-5-4-6-12(21)2/h12-13H,3-11H2,1-2H3,(H,17,19,22). The predicted molar refractivity (Wildman–Crippen MR) is 92.8 cm³/mol. The third-order valence-corrected chi connectivity index (χ3v) is 5.92. The van der Waals surface area contributed by atoms with Crippen LogP contribution in [0.4, 0.5) is 5.13 Å². The molecule has 7 heteroatoms. The molecule has 3 heterocycles. The first-order chi connectivity index (χ1) is 11.2. The summed E-state index contributed by atoms with van der Waals surface area (Å²) in [5.41, 5.74) is 0. The second kappa shape index (κ2) is 7.68. The summed E-state index contributed by atoms with van der Waals surface area (Å²) in [6.07, 6.45) is 5.44. The van der Waals surface area contributed by atoms with Crippen LogP contribution in [-0.4, -0.2) is 64.2 Å². The van der Waals surface area contributed by atoms with E-state index in [0.717, 1.165) is 37.1 Å². The molecule has 0 spiro atoms. The van der Waals surface area contributed by atoms with E-state index in [2.05, 4.69) is 32.2 Å². The summed E-state index contributed by atoms with van der Waals surface area (Å²) in [4.78, 5) is 17.0. The first-order valence-corrected chi connectivity index (χ1v) is 9.57. The average Bonchev–Trinajstić information content (AvgIpc) is 2.95. The molecule has 2 aliphatic rings. The molecule has 1 unspecified atom stereocenters. The highest BCUT2D eigenvalue weighted by molar-refractivity contribution is 7.15. The van der Waals surface area contributed by atoms with Gasteiger partial charge in [-0.1, -0.05) is 24.7 Å². The van der Waals surface area contributed by atoms with Crippen LogP contribution < -0.4 is 5.32 Å². The number of nitrogens with zero attached hydrogens (tertiary/aromatic N) is 4. The van der Waals surface area contributed by atoms with E-state index < -0.39 is 0 Å². The summed E-state index contributed by atoms with van der Waals surface area (Å²) in [6, 6.07) is 1.42. The van der Waals surface area contributed by atoms with Crippen LogP contribution in [0.25, 0.3) is 0 Å². The van der Waals surface area contributed by atoms with Crippen LogP contribution in [0.1, 0.15) is 44.5 Å². The highest BCUT2D eigenvalue weighted by Gasteiger charge is 2.34. The normalized spacial score (nSPS) is 23.7. The van der Waals surface area contributed by atoms with Crippen molar-refractivity contribution in [2.75, 3.05) is 31.5 Å². The number of aryl methyl sites for hydroxylation is 1. The SMILES string of the molecule is CCc1nnc(NC(=O)CCN2CC(N3CCCCC3C)C2)s1. The molecule has 6 nitrogen and oxygen atoms in total. The second-order valence-corrected chi connectivity index (χ2v) is 7.71.